The van der Waals surface area contributed by atoms with Crippen LogP contribution in [-0.4, -0.2) is 75.8 Å². The number of piperazine rings is 1. The predicted octanol–water partition coefficient (Wildman–Crippen LogP) is 2.41. The summed E-state index contributed by atoms with van der Waals surface area (Å²) >= 11 is 0. The molecule has 6 nitrogen and oxygen atoms in total. The first kappa shape index (κ1) is 21.4. The maximum absolute atomic E-state index is 13.0. The summed E-state index contributed by atoms with van der Waals surface area (Å²) in [6.45, 7) is 5.10. The van der Waals surface area contributed by atoms with Crippen molar-refractivity contribution in [3.63, 3.8) is 0 Å². The SMILES string of the molecule is COc1cccc(OCCOC[C@H](O)CN2CCN(c3ccc(F)cc3)CC2)c1. The normalized spacial score (nSPS) is 15.9. The highest BCUT2D eigenvalue weighted by Gasteiger charge is 2.19. The molecular weight excluding hydrogens is 375 g/mol. The monoisotopic (exact) mass is 404 g/mol. The molecule has 1 atom stereocenters. The fourth-order valence-corrected chi connectivity index (χ4v) is 3.32. The summed E-state index contributed by atoms with van der Waals surface area (Å²) in [6.07, 6.45) is -0.538. The molecular formula is C22H29FN2O4. The van der Waals surface area contributed by atoms with Crippen LogP contribution >= 0.6 is 0 Å². The molecule has 0 radical (unpaired) electrons. The molecule has 0 spiro atoms. The van der Waals surface area contributed by atoms with Crippen LogP contribution in [0.5, 0.6) is 11.5 Å². The van der Waals surface area contributed by atoms with Crippen LogP contribution in [0.2, 0.25) is 0 Å². The van der Waals surface area contributed by atoms with Crippen LogP contribution in [0.25, 0.3) is 0 Å². The molecule has 0 bridgehead atoms. The number of halogens is 1. The summed E-state index contributed by atoms with van der Waals surface area (Å²) in [5.41, 5.74) is 1.03. The van der Waals surface area contributed by atoms with Crippen LogP contribution in [-0.2, 0) is 4.74 Å². The molecule has 1 saturated heterocycles. The van der Waals surface area contributed by atoms with Crippen molar-refractivity contribution in [2.75, 3.05) is 64.6 Å². The molecule has 7 heteroatoms. The highest BCUT2D eigenvalue weighted by Crippen LogP contribution is 2.19. The Morgan fingerprint density at radius 3 is 2.45 bits per heavy atom. The molecule has 29 heavy (non-hydrogen) atoms. The summed E-state index contributed by atoms with van der Waals surface area (Å²) in [5.74, 6) is 1.26. The van der Waals surface area contributed by atoms with Gasteiger partial charge in [0, 0.05) is 44.5 Å². The standard InChI is InChI=1S/C22H29FN2O4/c1-27-21-3-2-4-22(15-21)29-14-13-28-17-20(26)16-24-9-11-25(12-10-24)19-7-5-18(23)6-8-19/h2-8,15,20,26H,9-14,16-17H2,1H3/t20-/m1/s1. The molecule has 0 aliphatic carbocycles. The largest absolute Gasteiger partial charge is 0.497 e. The molecule has 2 aromatic rings. The second kappa shape index (κ2) is 11.0. The average molecular weight is 404 g/mol. The van der Waals surface area contributed by atoms with E-state index < -0.39 is 6.10 Å². The number of hydrogen-bond donors (Lipinski definition) is 1. The number of anilines is 1. The van der Waals surface area contributed by atoms with E-state index in [-0.39, 0.29) is 12.4 Å². The molecule has 0 unspecified atom stereocenters. The number of hydrogen-bond acceptors (Lipinski definition) is 6. The van der Waals surface area contributed by atoms with Crippen molar-refractivity contribution in [2.45, 2.75) is 6.10 Å². The van der Waals surface area contributed by atoms with E-state index >= 15 is 0 Å². The molecule has 1 N–H and O–H groups in total. The second-order valence-corrected chi connectivity index (χ2v) is 7.02. The minimum absolute atomic E-state index is 0.218. The van der Waals surface area contributed by atoms with E-state index in [0.717, 1.165) is 43.4 Å². The molecule has 3 rings (SSSR count). The Morgan fingerprint density at radius 1 is 1.00 bits per heavy atom. The molecule has 158 valence electrons. The summed E-state index contributed by atoms with van der Waals surface area (Å²) in [5, 5.41) is 10.2. The third-order valence-electron chi connectivity index (χ3n) is 4.88. The number of benzene rings is 2. The summed E-state index contributed by atoms with van der Waals surface area (Å²) in [6, 6.07) is 14.0. The third-order valence-corrected chi connectivity index (χ3v) is 4.88. The van der Waals surface area contributed by atoms with Gasteiger partial charge in [-0.15, -0.1) is 0 Å². The summed E-state index contributed by atoms with van der Waals surface area (Å²) in [7, 11) is 1.62. The Morgan fingerprint density at radius 2 is 1.72 bits per heavy atom. The average Bonchev–Trinajstić information content (AvgIpc) is 2.75. The predicted molar refractivity (Wildman–Crippen MR) is 110 cm³/mol. The van der Waals surface area contributed by atoms with E-state index in [1.54, 1.807) is 19.2 Å². The Kier molecular flexibility index (Phi) is 8.10. The van der Waals surface area contributed by atoms with Gasteiger partial charge in [0.2, 0.25) is 0 Å². The Balaban J connectivity index is 1.28. The summed E-state index contributed by atoms with van der Waals surface area (Å²) < 4.78 is 29.4. The van der Waals surface area contributed by atoms with Crippen molar-refractivity contribution >= 4 is 5.69 Å². The molecule has 1 aliphatic heterocycles. The van der Waals surface area contributed by atoms with Crippen LogP contribution in [0.15, 0.2) is 48.5 Å². The first-order chi connectivity index (χ1) is 14.1. The number of aliphatic hydroxyl groups is 1. The van der Waals surface area contributed by atoms with Gasteiger partial charge >= 0.3 is 0 Å². The van der Waals surface area contributed by atoms with Gasteiger partial charge in [0.1, 0.15) is 23.9 Å². The maximum atomic E-state index is 13.0. The fourth-order valence-electron chi connectivity index (χ4n) is 3.32. The van der Waals surface area contributed by atoms with Crippen molar-refractivity contribution in [1.82, 2.24) is 4.90 Å². The van der Waals surface area contributed by atoms with Gasteiger partial charge in [-0.1, -0.05) is 6.07 Å². The number of β-amino-alcohol motifs (C(OH)–C–C–N with tert-alkyl or cyclic N) is 1. The highest BCUT2D eigenvalue weighted by molar-refractivity contribution is 5.46. The van der Waals surface area contributed by atoms with Crippen LogP contribution in [0.4, 0.5) is 10.1 Å². The van der Waals surface area contributed by atoms with Crippen molar-refractivity contribution in [3.05, 3.63) is 54.3 Å². The Labute approximate surface area is 171 Å². The van der Waals surface area contributed by atoms with E-state index in [2.05, 4.69) is 9.80 Å². The van der Waals surface area contributed by atoms with E-state index in [4.69, 9.17) is 14.2 Å². The van der Waals surface area contributed by atoms with Crippen LogP contribution in [0.3, 0.4) is 0 Å². The number of aliphatic hydroxyl groups excluding tert-OH is 1. The van der Waals surface area contributed by atoms with Gasteiger partial charge in [-0.25, -0.2) is 4.39 Å². The van der Waals surface area contributed by atoms with Gasteiger partial charge in [0.05, 0.1) is 26.4 Å². The number of methoxy groups -OCH3 is 1. The lowest BCUT2D eigenvalue weighted by molar-refractivity contribution is 0.00717. The first-order valence-corrected chi connectivity index (χ1v) is 9.89. The molecule has 2 aromatic carbocycles. The third kappa shape index (κ3) is 6.88. The Bertz CT molecular complexity index is 736. The lowest BCUT2D eigenvalue weighted by Gasteiger charge is -2.36. The van der Waals surface area contributed by atoms with E-state index in [1.165, 1.54) is 12.1 Å². The molecule has 1 aliphatic rings. The maximum Gasteiger partial charge on any atom is 0.123 e. The molecule has 0 saturated carbocycles. The van der Waals surface area contributed by atoms with Gasteiger partial charge < -0.3 is 24.2 Å². The number of ether oxygens (including phenoxy) is 3. The highest BCUT2D eigenvalue weighted by atomic mass is 19.1. The van der Waals surface area contributed by atoms with Gasteiger partial charge in [-0.2, -0.15) is 0 Å². The molecule has 1 heterocycles. The van der Waals surface area contributed by atoms with Gasteiger partial charge in [0.25, 0.3) is 0 Å². The van der Waals surface area contributed by atoms with Gasteiger partial charge in [0.15, 0.2) is 0 Å². The minimum atomic E-state index is -0.538. The minimum Gasteiger partial charge on any atom is -0.497 e. The lowest BCUT2D eigenvalue weighted by atomic mass is 10.2. The van der Waals surface area contributed by atoms with Crippen LogP contribution in [0, 0.1) is 5.82 Å². The van der Waals surface area contributed by atoms with Gasteiger partial charge in [-0.3, -0.25) is 4.90 Å². The lowest BCUT2D eigenvalue weighted by Crippen LogP contribution is -2.49. The number of nitrogens with zero attached hydrogens (tertiary/aromatic N) is 2. The van der Waals surface area contributed by atoms with Crippen molar-refractivity contribution in [1.29, 1.82) is 0 Å². The van der Waals surface area contributed by atoms with Crippen molar-refractivity contribution in [2.24, 2.45) is 0 Å². The zero-order chi connectivity index (χ0) is 20.5. The van der Waals surface area contributed by atoms with Crippen LogP contribution < -0.4 is 14.4 Å². The molecule has 0 amide bonds. The van der Waals surface area contributed by atoms with E-state index in [9.17, 15) is 9.50 Å². The summed E-state index contributed by atoms with van der Waals surface area (Å²) in [4.78, 5) is 4.45. The van der Waals surface area contributed by atoms with E-state index in [1.807, 2.05) is 24.3 Å². The smallest absolute Gasteiger partial charge is 0.123 e. The zero-order valence-electron chi connectivity index (χ0n) is 16.8. The Hall–Kier alpha value is -2.35. The first-order valence-electron chi connectivity index (χ1n) is 9.89. The molecule has 0 aromatic heterocycles. The quantitative estimate of drug-likeness (QED) is 0.614. The zero-order valence-corrected chi connectivity index (χ0v) is 16.8. The van der Waals surface area contributed by atoms with Crippen LogP contribution in [0.1, 0.15) is 0 Å². The second-order valence-electron chi connectivity index (χ2n) is 7.02. The fraction of sp³-hybridized carbons (Fsp3) is 0.455. The number of rotatable bonds is 10. The van der Waals surface area contributed by atoms with E-state index in [0.29, 0.717) is 19.8 Å². The molecule has 1 fully saturated rings. The van der Waals surface area contributed by atoms with Crippen molar-refractivity contribution < 1.29 is 23.7 Å². The van der Waals surface area contributed by atoms with Gasteiger partial charge in [-0.05, 0) is 36.4 Å². The topological polar surface area (TPSA) is 54.4 Å². The van der Waals surface area contributed by atoms with Crippen molar-refractivity contribution in [3.8, 4) is 11.5 Å².